The summed E-state index contributed by atoms with van der Waals surface area (Å²) in [5.74, 6) is 0. The number of hydrogen-bond acceptors (Lipinski definition) is 2. The Bertz CT molecular complexity index is 223. The Morgan fingerprint density at radius 1 is 1.38 bits per heavy atom. The van der Waals surface area contributed by atoms with Crippen molar-refractivity contribution in [2.75, 3.05) is 13.2 Å². The Kier molecular flexibility index (Phi) is 5.06. The van der Waals surface area contributed by atoms with Crippen LogP contribution >= 0.6 is 0 Å². The van der Waals surface area contributed by atoms with Crippen LogP contribution in [0.15, 0.2) is 0 Å². The van der Waals surface area contributed by atoms with Gasteiger partial charge in [-0.05, 0) is 37.5 Å². The molecule has 0 heterocycles. The Morgan fingerprint density at radius 2 is 2.00 bits per heavy atom. The minimum Gasteiger partial charge on any atom is -0.396 e. The summed E-state index contributed by atoms with van der Waals surface area (Å²) in [5.41, 5.74) is 0.0512. The predicted octanol–water partition coefficient (Wildman–Crippen LogP) is 1.64. The summed E-state index contributed by atoms with van der Waals surface area (Å²) >= 11 is 0. The van der Waals surface area contributed by atoms with Gasteiger partial charge in [-0.3, -0.25) is 0 Å². The number of aliphatic hydroxyl groups excluding tert-OH is 1. The van der Waals surface area contributed by atoms with Crippen LogP contribution < -0.4 is 10.6 Å². The zero-order chi connectivity index (χ0) is 12.0. The Morgan fingerprint density at radius 3 is 2.44 bits per heavy atom. The van der Waals surface area contributed by atoms with Gasteiger partial charge in [0.05, 0.1) is 0 Å². The first kappa shape index (κ1) is 13.3. The molecule has 1 aliphatic carbocycles. The summed E-state index contributed by atoms with van der Waals surface area (Å²) in [4.78, 5) is 11.5. The second kappa shape index (κ2) is 6.09. The van der Waals surface area contributed by atoms with E-state index >= 15 is 0 Å². The van der Waals surface area contributed by atoms with E-state index in [2.05, 4.69) is 24.5 Å². The summed E-state index contributed by atoms with van der Waals surface area (Å²) in [5, 5.41) is 14.9. The van der Waals surface area contributed by atoms with Gasteiger partial charge in [-0.15, -0.1) is 0 Å². The third-order valence-electron chi connectivity index (χ3n) is 3.68. The van der Waals surface area contributed by atoms with E-state index in [1.165, 1.54) is 0 Å². The fraction of sp³-hybridized carbons (Fsp3) is 0.917. The molecule has 0 unspecified atom stereocenters. The number of hydrogen-bond donors (Lipinski definition) is 3. The highest BCUT2D eigenvalue weighted by Gasteiger charge is 2.27. The first-order chi connectivity index (χ1) is 7.65. The zero-order valence-electron chi connectivity index (χ0n) is 10.4. The topological polar surface area (TPSA) is 61.4 Å². The van der Waals surface area contributed by atoms with Gasteiger partial charge in [0.15, 0.2) is 0 Å². The molecule has 1 aliphatic rings. The van der Waals surface area contributed by atoms with Gasteiger partial charge in [0, 0.05) is 19.2 Å². The average molecular weight is 228 g/mol. The van der Waals surface area contributed by atoms with Crippen LogP contribution in [-0.4, -0.2) is 30.3 Å². The lowest BCUT2D eigenvalue weighted by molar-refractivity contribution is 0.163. The summed E-state index contributed by atoms with van der Waals surface area (Å²) in [6.45, 7) is 5.06. The quantitative estimate of drug-likeness (QED) is 0.620. The van der Waals surface area contributed by atoms with Gasteiger partial charge in [0.2, 0.25) is 0 Å². The number of carbonyl (C=O) groups excluding carboxylic acids is 1. The maximum absolute atomic E-state index is 11.5. The van der Waals surface area contributed by atoms with Crippen LogP contribution in [0.2, 0.25) is 0 Å². The molecular weight excluding hydrogens is 204 g/mol. The minimum absolute atomic E-state index is 0.0512. The van der Waals surface area contributed by atoms with Crippen molar-refractivity contribution in [3.8, 4) is 0 Å². The van der Waals surface area contributed by atoms with Crippen molar-refractivity contribution < 1.29 is 9.90 Å². The van der Waals surface area contributed by atoms with Crippen molar-refractivity contribution in [1.82, 2.24) is 10.6 Å². The normalized spacial score (nSPS) is 15.9. The zero-order valence-corrected chi connectivity index (χ0v) is 10.4. The van der Waals surface area contributed by atoms with Crippen LogP contribution in [0.5, 0.6) is 0 Å². The van der Waals surface area contributed by atoms with Gasteiger partial charge in [-0.1, -0.05) is 13.8 Å². The summed E-state index contributed by atoms with van der Waals surface area (Å²) < 4.78 is 0. The van der Waals surface area contributed by atoms with Gasteiger partial charge < -0.3 is 15.7 Å². The second-order valence-corrected chi connectivity index (χ2v) is 4.78. The van der Waals surface area contributed by atoms with Gasteiger partial charge in [0.1, 0.15) is 0 Å². The van der Waals surface area contributed by atoms with Crippen molar-refractivity contribution in [1.29, 1.82) is 0 Å². The molecule has 1 fully saturated rings. The van der Waals surface area contributed by atoms with Crippen LogP contribution in [0, 0.1) is 5.41 Å². The van der Waals surface area contributed by atoms with Crippen LogP contribution in [0.3, 0.4) is 0 Å². The van der Waals surface area contributed by atoms with Gasteiger partial charge >= 0.3 is 6.03 Å². The monoisotopic (exact) mass is 228 g/mol. The molecule has 0 aromatic carbocycles. The molecule has 4 nitrogen and oxygen atoms in total. The first-order valence-electron chi connectivity index (χ1n) is 6.31. The van der Waals surface area contributed by atoms with E-state index in [1.54, 1.807) is 0 Å². The summed E-state index contributed by atoms with van der Waals surface area (Å²) in [7, 11) is 0. The minimum atomic E-state index is -0.0632. The van der Waals surface area contributed by atoms with Gasteiger partial charge in [0.25, 0.3) is 0 Å². The molecular formula is C12H24N2O2. The number of carbonyl (C=O) groups is 1. The number of urea groups is 1. The lowest BCUT2D eigenvalue weighted by Gasteiger charge is -2.31. The molecule has 0 aromatic heterocycles. The Balaban J connectivity index is 2.32. The molecule has 94 valence electrons. The standard InChI is InChI=1S/C12H24N2O2/c1-3-12(4-2,7-8-15)9-13-11(16)14-10-5-6-10/h10,15H,3-9H2,1-2H3,(H2,13,14,16). The van der Waals surface area contributed by atoms with Crippen LogP contribution in [-0.2, 0) is 0 Å². The molecule has 16 heavy (non-hydrogen) atoms. The number of aliphatic hydroxyl groups is 1. The fourth-order valence-corrected chi connectivity index (χ4v) is 1.91. The highest BCUT2D eigenvalue weighted by Crippen LogP contribution is 2.29. The molecule has 0 atom stereocenters. The van der Waals surface area contributed by atoms with Crippen LogP contribution in [0.25, 0.3) is 0 Å². The van der Waals surface area contributed by atoms with Crippen molar-refractivity contribution in [2.45, 2.75) is 52.0 Å². The molecule has 0 saturated heterocycles. The SMILES string of the molecule is CCC(CC)(CCO)CNC(=O)NC1CC1. The highest BCUT2D eigenvalue weighted by atomic mass is 16.3. The summed E-state index contributed by atoms with van der Waals surface area (Å²) in [6, 6.07) is 0.335. The summed E-state index contributed by atoms with van der Waals surface area (Å²) in [6.07, 6.45) is 4.93. The van der Waals surface area contributed by atoms with Gasteiger partial charge in [-0.25, -0.2) is 4.79 Å². The molecule has 2 amide bonds. The largest absolute Gasteiger partial charge is 0.396 e. The van der Waals surface area contributed by atoms with E-state index in [1.807, 2.05) is 0 Å². The van der Waals surface area contributed by atoms with E-state index in [0.717, 1.165) is 32.1 Å². The molecule has 0 radical (unpaired) electrons. The number of rotatable bonds is 7. The van der Waals surface area contributed by atoms with Crippen molar-refractivity contribution in [3.05, 3.63) is 0 Å². The van der Waals surface area contributed by atoms with Crippen LogP contribution in [0.4, 0.5) is 4.79 Å². The average Bonchev–Trinajstić information content (AvgIpc) is 3.08. The Labute approximate surface area is 97.8 Å². The van der Waals surface area contributed by atoms with Crippen molar-refractivity contribution in [2.24, 2.45) is 5.41 Å². The molecule has 0 bridgehead atoms. The molecule has 4 heteroatoms. The number of amides is 2. The molecule has 0 aliphatic heterocycles. The van der Waals surface area contributed by atoms with E-state index in [9.17, 15) is 4.79 Å². The van der Waals surface area contributed by atoms with E-state index in [0.29, 0.717) is 12.6 Å². The third kappa shape index (κ3) is 4.00. The van der Waals surface area contributed by atoms with Crippen molar-refractivity contribution in [3.63, 3.8) is 0 Å². The maximum atomic E-state index is 11.5. The predicted molar refractivity (Wildman–Crippen MR) is 64.3 cm³/mol. The number of nitrogens with one attached hydrogen (secondary N) is 2. The molecule has 0 aromatic rings. The molecule has 1 rings (SSSR count). The van der Waals surface area contributed by atoms with Crippen LogP contribution in [0.1, 0.15) is 46.0 Å². The molecule has 1 saturated carbocycles. The molecule has 0 spiro atoms. The van der Waals surface area contributed by atoms with Gasteiger partial charge in [-0.2, -0.15) is 0 Å². The van der Waals surface area contributed by atoms with E-state index in [4.69, 9.17) is 5.11 Å². The Hall–Kier alpha value is -0.770. The van der Waals surface area contributed by atoms with E-state index < -0.39 is 0 Å². The highest BCUT2D eigenvalue weighted by molar-refractivity contribution is 5.74. The second-order valence-electron chi connectivity index (χ2n) is 4.78. The maximum Gasteiger partial charge on any atom is 0.315 e. The lowest BCUT2D eigenvalue weighted by atomic mass is 9.79. The lowest BCUT2D eigenvalue weighted by Crippen LogP contribution is -2.43. The smallest absolute Gasteiger partial charge is 0.315 e. The van der Waals surface area contributed by atoms with E-state index in [-0.39, 0.29) is 18.1 Å². The fourth-order valence-electron chi connectivity index (χ4n) is 1.91. The van der Waals surface area contributed by atoms with Crippen molar-refractivity contribution >= 4 is 6.03 Å². The molecule has 3 N–H and O–H groups in total. The first-order valence-corrected chi connectivity index (χ1v) is 6.31. The third-order valence-corrected chi connectivity index (χ3v) is 3.68.